The van der Waals surface area contributed by atoms with Crippen molar-refractivity contribution in [2.75, 3.05) is 137 Å². The third-order valence-electron chi connectivity index (χ3n) is 39.1. The minimum Gasteiger partial charge on any atom is -0.384 e. The van der Waals surface area contributed by atoms with Crippen LogP contribution in [0.4, 0.5) is 0 Å². The molecule has 1 aliphatic carbocycles. The van der Waals surface area contributed by atoms with Crippen molar-refractivity contribution in [1.29, 1.82) is 0 Å². The second-order valence-electron chi connectivity index (χ2n) is 60.7. The minimum absolute atomic E-state index is 0.0237. The molecule has 10 fully saturated rings. The molecule has 0 bridgehead atoms. The molecule has 5 amide bonds. The number of unbranched alkanes of at least 4 members (excludes halogenated alkanes) is 1. The molecule has 0 aromatic heterocycles. The highest BCUT2D eigenvalue weighted by Crippen LogP contribution is 2.47. The molecule has 149 heavy (non-hydrogen) atoms. The molecule has 880 valence electrons. The highest BCUT2D eigenvalue weighted by atomic mass is 32.2. The van der Waals surface area contributed by atoms with Crippen LogP contribution in [0.1, 0.15) is 461 Å². The number of sulfonamides is 1. The lowest BCUT2D eigenvalue weighted by atomic mass is 9.71. The number of hydrogen-bond acceptors (Lipinski definition) is 14. The Kier molecular flexibility index (Phi) is 58.4. The first-order valence-electron chi connectivity index (χ1n) is 61.0. The molecule has 10 rings (SSSR count). The molecule has 0 spiro atoms. The van der Waals surface area contributed by atoms with Crippen LogP contribution in [0.5, 0.6) is 0 Å². The molecular weight excluding hydrogens is 1870 g/mol. The maximum atomic E-state index is 12.1. The number of aliphatic hydroxyl groups excluding tert-OH is 2. The first-order chi connectivity index (χ1) is 67.8. The summed E-state index contributed by atoms with van der Waals surface area (Å²) in [6, 6.07) is 0. The first-order valence-corrected chi connectivity index (χ1v) is 62.5. The number of carbonyl (C=O) groups excluding carboxylic acids is 6. The summed E-state index contributed by atoms with van der Waals surface area (Å²) in [5.41, 5.74) is 2.19. The van der Waals surface area contributed by atoms with E-state index in [9.17, 15) is 52.5 Å². The third-order valence-corrected chi connectivity index (χ3v) is 41.3. The van der Waals surface area contributed by atoms with Gasteiger partial charge in [0, 0.05) is 89.9 Å². The zero-order chi connectivity index (χ0) is 115. The molecule has 9 saturated heterocycles. The van der Waals surface area contributed by atoms with Gasteiger partial charge in [-0.15, -0.1) is 0 Å². The van der Waals surface area contributed by atoms with Gasteiger partial charge in [-0.1, -0.05) is 311 Å². The van der Waals surface area contributed by atoms with Crippen molar-refractivity contribution in [2.45, 2.75) is 484 Å². The average molecular weight is 2120 g/mol. The molecule has 10 aliphatic rings. The van der Waals surface area contributed by atoms with Crippen LogP contribution in [0.2, 0.25) is 0 Å². The molecule has 0 aromatic carbocycles. The summed E-state index contributed by atoms with van der Waals surface area (Å²) < 4.78 is 25.9. The molecule has 20 nitrogen and oxygen atoms in total. The predicted molar refractivity (Wildman–Crippen MR) is 634 cm³/mol. The lowest BCUT2D eigenvalue weighted by molar-refractivity contribution is -0.148. The van der Waals surface area contributed by atoms with Crippen molar-refractivity contribution in [1.82, 2.24) is 43.5 Å². The number of piperidine rings is 7. The van der Waals surface area contributed by atoms with Gasteiger partial charge in [-0.25, -0.2) is 12.7 Å². The van der Waals surface area contributed by atoms with Gasteiger partial charge in [0.2, 0.25) is 21.8 Å². The number of rotatable bonds is 23. The third kappa shape index (κ3) is 48.4. The monoisotopic (exact) mass is 2120 g/mol. The Labute approximate surface area is 923 Å². The molecular formula is C128H251N9O11S. The molecule has 3 N–H and O–H groups in total. The van der Waals surface area contributed by atoms with E-state index in [0.717, 1.165) is 165 Å². The number of hydrogen-bond donors (Lipinski definition) is 3. The maximum Gasteiger partial charge on any atom is 0.254 e. The van der Waals surface area contributed by atoms with Crippen molar-refractivity contribution in [3.05, 3.63) is 0 Å². The second-order valence-corrected chi connectivity index (χ2v) is 63.2. The second kappa shape index (κ2) is 61.3. The molecule has 2 unspecified atom stereocenters. The van der Waals surface area contributed by atoms with Crippen LogP contribution >= 0.6 is 0 Å². The standard InChI is InChI=1S/C15H27NO2.C15H29NO2.C15H31N.C14H29NO2S.C14H27NO2.2C14H27NO.C14H29N.C13H25NO/c1-11(14(2,3)4)12-5-9-16(10-6-12)13(17)15(18)7-8-15;1-6-13(17)14(18)16-9-7-12(8-10-16)11(2)15(3,4)5;1-6-7-10-16-11-8-14(9-12-16)13(2)15(3,4)5;1-11(2)18(16,17)15-9-7-13(8-10-15)12(3)14(4,5)6;1-10(14(3,4)5)12-6-8-15(9-7-12)13(17)11(2)16;1-10(13(2,3)4)11-8-15(9-11)12(16)14(5,6)7;1-11(16)10-15-8-6-13(7-9-15)12(2)14(3,4)5;1-6-9-15-10-7-13(8-11-15)12(2)14(3,4)5;1-9(2)12(15)14-7-11(8-14)10(3)13(4,5)6/h11-12,18H,5-10H2,1-4H3;11-13,17H,6-10H2,1-5H3;13-14H,6-12H2,1-5H3;11-13H,7-10H2,1-6H3;10-12,16H,6-9H2,1-5H3;10-11H,8-9H2,1-7H3;12-13H,6-10H2,1-5H3;12-13H,6-11H2,1-5H3;9-11H,7-8H2,1-6H3/t11-;11-,13-;13-;12-;10-,11+;;2*12-;/m11111.11./s1. The summed E-state index contributed by atoms with van der Waals surface area (Å²) in [6.07, 6.45) is 20.8. The zero-order valence-electron chi connectivity index (χ0n) is 107. The minimum atomic E-state index is -3.05. The van der Waals surface area contributed by atoms with Crippen LogP contribution in [0.25, 0.3) is 0 Å². The van der Waals surface area contributed by atoms with E-state index in [1.807, 2.05) is 61.1 Å². The molecule has 21 heteroatoms. The van der Waals surface area contributed by atoms with Crippen molar-refractivity contribution in [2.24, 2.45) is 167 Å². The zero-order valence-corrected chi connectivity index (χ0v) is 108. The number of aliphatic hydroxyl groups is 3. The SMILES string of the molecule is CC(=O)CN1CCC([C@@H](C)C(C)(C)C)CC1.CC(C)C(=O)N1CC(C(C)C(C)(C)C)C1.CC(C)S(=O)(=O)N1CCC([C@@H](C)C(C)(C)C)CC1.CC(C1CN(C(=O)C(C)(C)C)C1)C(C)(C)C.CCCCN1CCC([C@@H](C)C(C)(C)C)CC1.CCCN1CCC([C@@H](C)C(C)(C)C)CC1.CC[C@@H](O)C(=O)N1CCC([C@@H](C)C(C)(C)C)CC1.C[C@H](C1CCN(C(=O)C2(O)CC2)CC1)C(C)(C)C.C[C@H](O)C(=O)N1CCC([C@@H](C)C(C)(C)C)CC1. The van der Waals surface area contributed by atoms with E-state index >= 15 is 0 Å². The van der Waals surface area contributed by atoms with E-state index in [2.05, 4.69) is 278 Å². The molecule has 9 aliphatic heterocycles. The van der Waals surface area contributed by atoms with Crippen molar-refractivity contribution >= 4 is 45.3 Å². The van der Waals surface area contributed by atoms with Crippen LogP contribution in [-0.4, -0.2) is 263 Å². The predicted octanol–water partition coefficient (Wildman–Crippen LogP) is 27.4. The van der Waals surface area contributed by atoms with Crippen molar-refractivity contribution < 1.29 is 52.5 Å². The lowest BCUT2D eigenvalue weighted by Gasteiger charge is -2.48. The first kappa shape index (κ1) is 142. The Morgan fingerprint density at radius 3 is 0.792 bits per heavy atom. The quantitative estimate of drug-likeness (QED) is 0.0865. The van der Waals surface area contributed by atoms with E-state index in [1.165, 1.54) is 97.1 Å². The summed E-state index contributed by atoms with van der Waals surface area (Å²) in [5.74, 6) is 14.3. The highest BCUT2D eigenvalue weighted by molar-refractivity contribution is 7.89. The van der Waals surface area contributed by atoms with Crippen LogP contribution in [0.15, 0.2) is 0 Å². The number of amides is 5. The highest BCUT2D eigenvalue weighted by Gasteiger charge is 2.52. The van der Waals surface area contributed by atoms with E-state index in [0.29, 0.717) is 176 Å². The summed E-state index contributed by atoms with van der Waals surface area (Å²) in [5, 5.41) is 28.4. The Bertz CT molecular complexity index is 3890. The molecule has 9 heterocycles. The van der Waals surface area contributed by atoms with Crippen molar-refractivity contribution in [3.63, 3.8) is 0 Å². The van der Waals surface area contributed by atoms with E-state index in [-0.39, 0.29) is 34.3 Å². The summed E-state index contributed by atoms with van der Waals surface area (Å²) in [4.78, 5) is 87.4. The largest absolute Gasteiger partial charge is 0.384 e. The number of likely N-dealkylation sites (tertiary alicyclic amines) is 8. The van der Waals surface area contributed by atoms with Gasteiger partial charge in [0.15, 0.2) is 0 Å². The maximum absolute atomic E-state index is 12.1. The summed E-state index contributed by atoms with van der Waals surface area (Å²) >= 11 is 0. The van der Waals surface area contributed by atoms with E-state index < -0.39 is 27.8 Å². The fourth-order valence-electron chi connectivity index (χ4n) is 23.2. The Morgan fingerprint density at radius 2 is 0.557 bits per heavy atom. The van der Waals surface area contributed by atoms with Crippen LogP contribution in [0, 0.1) is 167 Å². The molecule has 0 radical (unpaired) electrons. The Balaban J connectivity index is 0.000000567. The van der Waals surface area contributed by atoms with Gasteiger partial charge in [-0.3, -0.25) is 33.7 Å². The fraction of sp³-hybridized carbons (Fsp3) is 0.953. The Morgan fingerprint density at radius 1 is 0.309 bits per heavy atom. The summed E-state index contributed by atoms with van der Waals surface area (Å²) in [6.45, 7) is 128. The molecule has 1 saturated carbocycles. The number of ketones is 1. The van der Waals surface area contributed by atoms with Crippen LogP contribution < -0.4 is 0 Å². The number of nitrogens with zero attached hydrogens (tertiary/aromatic N) is 9. The lowest BCUT2D eigenvalue weighted by Crippen LogP contribution is -2.56. The summed E-state index contributed by atoms with van der Waals surface area (Å²) in [7, 11) is -3.05. The number of Topliss-reactive ketones (excluding diaryl/α,β-unsaturated/α-hetero) is 1. The van der Waals surface area contributed by atoms with Gasteiger partial charge in [0.1, 0.15) is 23.6 Å². The van der Waals surface area contributed by atoms with Gasteiger partial charge in [-0.05, 0) is 357 Å². The molecule has 0 aromatic rings. The smallest absolute Gasteiger partial charge is 0.254 e. The van der Waals surface area contributed by atoms with Gasteiger partial charge < -0.3 is 49.6 Å². The van der Waals surface area contributed by atoms with E-state index in [4.69, 9.17) is 0 Å². The van der Waals surface area contributed by atoms with Gasteiger partial charge in [0.25, 0.3) is 17.7 Å². The number of carbonyl (C=O) groups is 6. The average Bonchev–Trinajstić information content (AvgIpc) is 1.30. The molecule has 11 atom stereocenters. The fourth-order valence-corrected chi connectivity index (χ4v) is 24.5. The van der Waals surface area contributed by atoms with Crippen LogP contribution in [0.3, 0.4) is 0 Å². The van der Waals surface area contributed by atoms with Crippen molar-refractivity contribution in [3.8, 4) is 0 Å². The van der Waals surface area contributed by atoms with Gasteiger partial charge >= 0.3 is 0 Å². The van der Waals surface area contributed by atoms with E-state index in [1.54, 1.807) is 36.9 Å². The van der Waals surface area contributed by atoms with Crippen LogP contribution in [-0.2, 0) is 38.8 Å². The topological polar surface area (TPSA) is 226 Å². The van der Waals surface area contributed by atoms with Gasteiger partial charge in [-0.2, -0.15) is 0 Å². The normalized spacial score (nSPS) is 22.4. The Hall–Kier alpha value is -3.31. The van der Waals surface area contributed by atoms with Gasteiger partial charge in [0.05, 0.1) is 11.8 Å².